The summed E-state index contributed by atoms with van der Waals surface area (Å²) in [7, 11) is 0. The second-order valence-electron chi connectivity index (χ2n) is 0. The Bertz CT molecular complexity index is 101. The molecule has 0 atom stereocenters. The summed E-state index contributed by atoms with van der Waals surface area (Å²) < 4.78 is 0. The SMILES string of the molecule is [C-]#N.[C-]#N.[C-]#N.[C-]#N.[C-]#N.[C-]#N.[Fe+4].[K+].[K+]. The van der Waals surface area contributed by atoms with E-state index in [0.29, 0.717) is 0 Å². The minimum Gasteiger partial charge on any atom is -0.512 e. The van der Waals surface area contributed by atoms with Crippen molar-refractivity contribution in [2.24, 2.45) is 0 Å². The molecule has 0 aromatic heterocycles. The van der Waals surface area contributed by atoms with Crippen LogP contribution in [0.25, 0.3) is 0 Å². The number of rotatable bonds is 0. The number of hydrogen-bond donors (Lipinski definition) is 0. The Labute approximate surface area is 186 Å². The monoisotopic (exact) mass is 290 g/mol. The predicted octanol–water partition coefficient (Wildman–Crippen LogP) is -5.42. The van der Waals surface area contributed by atoms with Crippen molar-refractivity contribution in [3.63, 3.8) is 0 Å². The Balaban J connectivity index is -0.00000000396. The van der Waals surface area contributed by atoms with Crippen molar-refractivity contribution < 1.29 is 120 Å². The van der Waals surface area contributed by atoms with Crippen LogP contribution in [0.3, 0.4) is 0 Å². The molecule has 0 bridgehead atoms. The van der Waals surface area contributed by atoms with Crippen LogP contribution in [0, 0.1) is 71.0 Å². The minimum atomic E-state index is 0. The summed E-state index contributed by atoms with van der Waals surface area (Å²) in [5.74, 6) is 0. The third kappa shape index (κ3) is 4450. The van der Waals surface area contributed by atoms with E-state index >= 15 is 0 Å². The predicted molar refractivity (Wildman–Crippen MR) is 29.8 cm³/mol. The maximum atomic E-state index is 6.25. The molecular formula is C6FeK2N6. The topological polar surface area (TPSA) is 143 Å². The molecule has 64 valence electrons. The van der Waals surface area contributed by atoms with Gasteiger partial charge < -0.3 is 71.0 Å². The minimum absolute atomic E-state index is 0. The van der Waals surface area contributed by atoms with Gasteiger partial charge in [-0.1, -0.05) is 0 Å². The van der Waals surface area contributed by atoms with Gasteiger partial charge in [-0.3, -0.25) is 0 Å². The smallest absolute Gasteiger partial charge is 0.512 e. The van der Waals surface area contributed by atoms with E-state index in [9.17, 15) is 0 Å². The van der Waals surface area contributed by atoms with Gasteiger partial charge in [-0.25, -0.2) is 0 Å². The van der Waals surface area contributed by atoms with Crippen LogP contribution in [-0.4, -0.2) is 0 Å². The van der Waals surface area contributed by atoms with Gasteiger partial charge in [0.05, 0.1) is 0 Å². The largest absolute Gasteiger partial charge is 4.00 e. The Hall–Kier alpha value is 0.732. The second kappa shape index (κ2) is 5180. The molecule has 6 nitrogen and oxygen atoms in total. The molecule has 0 radical (unpaired) electrons. The Morgan fingerprint density at radius 2 is 0.333 bits per heavy atom. The number of nitrogens with zero attached hydrogens (tertiary/aromatic N) is 6. The molecule has 0 spiro atoms. The molecule has 0 unspecified atom stereocenters. The van der Waals surface area contributed by atoms with Gasteiger partial charge in [0.1, 0.15) is 0 Å². The molecule has 0 aliphatic carbocycles. The molecule has 0 heterocycles. The molecule has 0 amide bonds. The van der Waals surface area contributed by atoms with Crippen LogP contribution < -0.4 is 103 Å². The van der Waals surface area contributed by atoms with Crippen LogP contribution in [0.1, 0.15) is 0 Å². The van der Waals surface area contributed by atoms with E-state index in [0.717, 1.165) is 0 Å². The van der Waals surface area contributed by atoms with E-state index in [2.05, 4.69) is 0 Å². The fourth-order valence-corrected chi connectivity index (χ4v) is 0. The van der Waals surface area contributed by atoms with Crippen molar-refractivity contribution >= 4 is 0 Å². The molecule has 0 aromatic rings. The summed E-state index contributed by atoms with van der Waals surface area (Å²) in [5.41, 5.74) is 0. The van der Waals surface area contributed by atoms with E-state index in [-0.39, 0.29) is 120 Å². The molecule has 15 heavy (non-hydrogen) atoms. The first-order valence-electron chi connectivity index (χ1n) is 1.34. The molecule has 0 saturated carbocycles. The molecule has 9 heteroatoms. The quantitative estimate of drug-likeness (QED) is 0.322. The van der Waals surface area contributed by atoms with Gasteiger partial charge >= 0.3 is 120 Å². The zero-order valence-electron chi connectivity index (χ0n) is 8.04. The van der Waals surface area contributed by atoms with E-state index in [1.807, 2.05) is 0 Å². The summed E-state index contributed by atoms with van der Waals surface area (Å²) in [5, 5.41) is 37.5. The second-order valence-corrected chi connectivity index (χ2v) is 0. The summed E-state index contributed by atoms with van der Waals surface area (Å²) in [6.07, 6.45) is 0. The molecule has 0 rings (SSSR count). The first-order valence-corrected chi connectivity index (χ1v) is 1.34. The molecule has 0 N–H and O–H groups in total. The van der Waals surface area contributed by atoms with Crippen molar-refractivity contribution in [1.82, 2.24) is 0 Å². The van der Waals surface area contributed by atoms with E-state index in [1.54, 1.807) is 0 Å². The van der Waals surface area contributed by atoms with Crippen molar-refractivity contribution in [2.75, 3.05) is 0 Å². The molecule has 0 fully saturated rings. The third-order valence-electron chi connectivity index (χ3n) is 0. The first kappa shape index (κ1) is 75.3. The zero-order valence-corrected chi connectivity index (χ0v) is 15.4. The van der Waals surface area contributed by atoms with Crippen LogP contribution in [0.4, 0.5) is 0 Å². The molecule has 0 aliphatic rings. The van der Waals surface area contributed by atoms with Crippen molar-refractivity contribution in [3.05, 3.63) is 39.4 Å². The maximum Gasteiger partial charge on any atom is 4.00 e. The summed E-state index contributed by atoms with van der Waals surface area (Å²) in [6.45, 7) is 28.5. The van der Waals surface area contributed by atoms with E-state index in [4.69, 9.17) is 71.0 Å². The molecule has 0 aliphatic heterocycles. The van der Waals surface area contributed by atoms with Crippen LogP contribution in [0.15, 0.2) is 0 Å². The van der Waals surface area contributed by atoms with Gasteiger partial charge in [0.25, 0.3) is 0 Å². The van der Waals surface area contributed by atoms with Crippen LogP contribution in [0.5, 0.6) is 0 Å². The van der Waals surface area contributed by atoms with Gasteiger partial charge in [-0.2, -0.15) is 0 Å². The van der Waals surface area contributed by atoms with Gasteiger partial charge in [0.2, 0.25) is 0 Å². The van der Waals surface area contributed by atoms with Crippen molar-refractivity contribution in [1.29, 1.82) is 31.6 Å². The Morgan fingerprint density at radius 1 is 0.333 bits per heavy atom. The molecule has 0 saturated heterocycles. The Morgan fingerprint density at radius 3 is 0.333 bits per heavy atom. The normalized spacial score (nSPS) is 0.800. The third-order valence-corrected chi connectivity index (χ3v) is 0. The van der Waals surface area contributed by atoms with Crippen LogP contribution >= 0.6 is 0 Å². The average Bonchev–Trinajstić information content (AvgIpc) is 2.33. The standard InChI is InChI=1S/6CN.Fe.2K/c6*1-2;;;/q6*-1;+4;2*+1. The van der Waals surface area contributed by atoms with Crippen molar-refractivity contribution in [3.8, 4) is 0 Å². The Kier molecular flexibility index (Phi) is 26000. The number of hydrogen-bond acceptors (Lipinski definition) is 6. The summed E-state index contributed by atoms with van der Waals surface area (Å²) in [6, 6.07) is 0. The van der Waals surface area contributed by atoms with Crippen molar-refractivity contribution in [2.45, 2.75) is 0 Å². The molecule has 0 aromatic carbocycles. The first-order chi connectivity index (χ1) is 6.00. The van der Waals surface area contributed by atoms with Crippen LogP contribution in [-0.2, 0) is 17.1 Å². The average molecular weight is 290 g/mol. The summed E-state index contributed by atoms with van der Waals surface area (Å²) >= 11 is 0. The summed E-state index contributed by atoms with van der Waals surface area (Å²) in [4.78, 5) is 0. The van der Waals surface area contributed by atoms with Gasteiger partial charge in [0, 0.05) is 0 Å². The van der Waals surface area contributed by atoms with Crippen LogP contribution in [0.2, 0.25) is 0 Å². The fraction of sp³-hybridized carbons (Fsp3) is 0. The van der Waals surface area contributed by atoms with Gasteiger partial charge in [-0.05, 0) is 0 Å². The maximum absolute atomic E-state index is 6.25. The molecular weight excluding hydrogens is 290 g/mol. The van der Waals surface area contributed by atoms with E-state index < -0.39 is 0 Å². The fourth-order valence-electron chi connectivity index (χ4n) is 0. The van der Waals surface area contributed by atoms with E-state index in [1.165, 1.54) is 0 Å². The van der Waals surface area contributed by atoms with Gasteiger partial charge in [0.15, 0.2) is 0 Å². The van der Waals surface area contributed by atoms with Gasteiger partial charge in [-0.15, -0.1) is 0 Å². The zero-order chi connectivity index (χ0) is 12.0.